The van der Waals surface area contributed by atoms with Gasteiger partial charge in [-0.05, 0) is 61.1 Å². The van der Waals surface area contributed by atoms with Crippen LogP contribution in [0.1, 0.15) is 38.3 Å². The minimum atomic E-state index is -1.05. The Balaban J connectivity index is 1.61. The van der Waals surface area contributed by atoms with E-state index in [-0.39, 0.29) is 4.75 Å². The Morgan fingerprint density at radius 1 is 1.04 bits per heavy atom. The lowest BCUT2D eigenvalue weighted by Gasteiger charge is -2.43. The van der Waals surface area contributed by atoms with Crippen LogP contribution in [0.5, 0.6) is 5.75 Å². The molecule has 1 heterocycles. The van der Waals surface area contributed by atoms with Crippen LogP contribution in [0, 0.1) is 0 Å². The summed E-state index contributed by atoms with van der Waals surface area (Å²) in [4.78, 5) is 2.21. The van der Waals surface area contributed by atoms with Crippen molar-refractivity contribution in [2.75, 3.05) is 37.7 Å². The van der Waals surface area contributed by atoms with E-state index in [9.17, 15) is 0 Å². The minimum absolute atomic E-state index is 0.207. The molecule has 3 nitrogen and oxygen atoms in total. The fourth-order valence-electron chi connectivity index (χ4n) is 3.12. The van der Waals surface area contributed by atoms with Crippen LogP contribution in [0.25, 0.3) is 0 Å². The fourth-order valence-corrected chi connectivity index (χ4v) is 3.97. The van der Waals surface area contributed by atoms with Crippen molar-refractivity contribution in [2.45, 2.75) is 44.8 Å². The van der Waals surface area contributed by atoms with Crippen LogP contribution >= 0.6 is 10.3 Å². The SMILES string of the molecule is CN(c1ccc(CCOS(C)(C)C(C)(C)C)cc1)c1ccc2c(c1)OCCC2. The number of nitrogens with zero attached hydrogens (tertiary/aromatic N) is 1. The Labute approximate surface area is 172 Å². The minimum Gasteiger partial charge on any atom is -0.493 e. The molecule has 4 heteroatoms. The van der Waals surface area contributed by atoms with Crippen LogP contribution in [0.2, 0.25) is 0 Å². The van der Waals surface area contributed by atoms with E-state index >= 15 is 0 Å². The Bertz CT molecular complexity index is 793. The van der Waals surface area contributed by atoms with Crippen molar-refractivity contribution in [1.29, 1.82) is 0 Å². The van der Waals surface area contributed by atoms with E-state index < -0.39 is 10.3 Å². The first-order valence-corrected chi connectivity index (χ1v) is 12.5. The molecule has 0 unspecified atom stereocenters. The molecule has 0 saturated carbocycles. The molecule has 0 aromatic heterocycles. The number of benzene rings is 2. The zero-order valence-corrected chi connectivity index (χ0v) is 19.1. The number of hydrogen-bond donors (Lipinski definition) is 0. The first-order valence-electron chi connectivity index (χ1n) is 10.1. The molecule has 0 spiro atoms. The zero-order valence-electron chi connectivity index (χ0n) is 18.2. The summed E-state index contributed by atoms with van der Waals surface area (Å²) in [5.41, 5.74) is 4.97. The molecule has 2 aromatic carbocycles. The van der Waals surface area contributed by atoms with E-state index in [2.05, 4.69) is 87.7 Å². The number of anilines is 2. The van der Waals surface area contributed by atoms with Gasteiger partial charge in [0.2, 0.25) is 0 Å². The quantitative estimate of drug-likeness (QED) is 0.582. The lowest BCUT2D eigenvalue weighted by molar-refractivity contribution is 0.288. The molecule has 2 aromatic rings. The molecule has 28 heavy (non-hydrogen) atoms. The summed E-state index contributed by atoms with van der Waals surface area (Å²) in [6, 6.07) is 15.4. The van der Waals surface area contributed by atoms with E-state index in [1.807, 2.05) is 0 Å². The Morgan fingerprint density at radius 2 is 1.71 bits per heavy atom. The third-order valence-electron chi connectivity index (χ3n) is 5.85. The monoisotopic (exact) mass is 401 g/mol. The van der Waals surface area contributed by atoms with Crippen molar-refractivity contribution in [3.63, 3.8) is 0 Å². The normalized spacial score (nSPS) is 14.9. The second-order valence-corrected chi connectivity index (χ2v) is 12.8. The van der Waals surface area contributed by atoms with Crippen LogP contribution < -0.4 is 9.64 Å². The second-order valence-electron chi connectivity index (χ2n) is 8.89. The van der Waals surface area contributed by atoms with Crippen molar-refractivity contribution in [3.05, 3.63) is 53.6 Å². The maximum Gasteiger partial charge on any atom is 0.124 e. The summed E-state index contributed by atoms with van der Waals surface area (Å²) in [5.74, 6) is 1.04. The average Bonchev–Trinajstić information content (AvgIpc) is 2.66. The van der Waals surface area contributed by atoms with Crippen molar-refractivity contribution < 1.29 is 8.92 Å². The van der Waals surface area contributed by atoms with E-state index in [1.54, 1.807) is 0 Å². The number of ether oxygens (including phenoxy) is 1. The highest BCUT2D eigenvalue weighted by atomic mass is 32.3. The molecule has 0 amide bonds. The third-order valence-corrected chi connectivity index (χ3v) is 9.56. The third kappa shape index (κ3) is 4.84. The van der Waals surface area contributed by atoms with Crippen LogP contribution in [-0.4, -0.2) is 37.5 Å². The summed E-state index contributed by atoms with van der Waals surface area (Å²) in [7, 11) is 1.06. The predicted molar refractivity (Wildman–Crippen MR) is 124 cm³/mol. The van der Waals surface area contributed by atoms with Gasteiger partial charge in [-0.2, -0.15) is 0 Å². The summed E-state index contributed by atoms with van der Waals surface area (Å²) in [6.45, 7) is 8.39. The molecule has 154 valence electrons. The van der Waals surface area contributed by atoms with E-state index in [1.165, 1.54) is 16.8 Å². The Morgan fingerprint density at radius 3 is 2.39 bits per heavy atom. The second kappa shape index (κ2) is 8.38. The molecular weight excluding hydrogens is 366 g/mol. The van der Waals surface area contributed by atoms with Crippen molar-refractivity contribution in [1.82, 2.24) is 0 Å². The lowest BCUT2D eigenvalue weighted by atomic mass is 10.1. The highest BCUT2D eigenvalue weighted by Gasteiger charge is 2.28. The first-order chi connectivity index (χ1) is 13.2. The molecule has 3 rings (SSSR count). The zero-order chi connectivity index (χ0) is 20.4. The maximum atomic E-state index is 6.26. The Hall–Kier alpha value is -1.65. The molecule has 0 bridgehead atoms. The standard InChI is InChI=1S/C24H35NO2S/c1-24(2,3)28(5,6)27-17-15-19-9-12-21(13-10-19)25(4)22-14-11-20-8-7-16-26-23(20)18-22/h9-14,18H,7-8,15-17H2,1-6H3. The van der Waals surface area contributed by atoms with E-state index in [0.29, 0.717) is 0 Å². The van der Waals surface area contributed by atoms with E-state index in [0.717, 1.165) is 43.9 Å². The number of aryl methyl sites for hydroxylation is 1. The molecule has 0 radical (unpaired) electrons. The highest BCUT2D eigenvalue weighted by Crippen LogP contribution is 2.53. The van der Waals surface area contributed by atoms with Crippen LogP contribution in [-0.2, 0) is 17.0 Å². The molecular formula is C24H35NO2S. The van der Waals surface area contributed by atoms with Gasteiger partial charge < -0.3 is 13.8 Å². The van der Waals surface area contributed by atoms with Gasteiger partial charge in [-0.25, -0.2) is 0 Å². The first kappa shape index (κ1) is 21.1. The van der Waals surface area contributed by atoms with Gasteiger partial charge in [-0.3, -0.25) is 0 Å². The maximum absolute atomic E-state index is 6.26. The number of fused-ring (bicyclic) bond motifs is 1. The summed E-state index contributed by atoms with van der Waals surface area (Å²) in [6.07, 6.45) is 7.69. The highest BCUT2D eigenvalue weighted by molar-refractivity contribution is 8.29. The van der Waals surface area contributed by atoms with Gasteiger partial charge in [0.1, 0.15) is 5.75 Å². The van der Waals surface area contributed by atoms with Gasteiger partial charge in [0.25, 0.3) is 0 Å². The van der Waals surface area contributed by atoms with Gasteiger partial charge in [0, 0.05) is 29.2 Å². The average molecular weight is 402 g/mol. The van der Waals surface area contributed by atoms with Gasteiger partial charge in [0.05, 0.1) is 13.2 Å². The van der Waals surface area contributed by atoms with Crippen LogP contribution in [0.4, 0.5) is 11.4 Å². The van der Waals surface area contributed by atoms with Crippen molar-refractivity contribution >= 4 is 21.7 Å². The summed E-state index contributed by atoms with van der Waals surface area (Å²) in [5, 5.41) is 0. The number of rotatable bonds is 6. The van der Waals surface area contributed by atoms with Crippen LogP contribution in [0.15, 0.2) is 42.5 Å². The molecule has 0 fully saturated rings. The van der Waals surface area contributed by atoms with Crippen molar-refractivity contribution in [3.8, 4) is 5.75 Å². The van der Waals surface area contributed by atoms with Gasteiger partial charge in [0.15, 0.2) is 0 Å². The predicted octanol–water partition coefficient (Wildman–Crippen LogP) is 6.12. The Kier molecular flexibility index (Phi) is 6.31. The van der Waals surface area contributed by atoms with E-state index in [4.69, 9.17) is 8.92 Å². The van der Waals surface area contributed by atoms with Crippen LogP contribution in [0.3, 0.4) is 0 Å². The van der Waals surface area contributed by atoms with Gasteiger partial charge >= 0.3 is 0 Å². The smallest absolute Gasteiger partial charge is 0.124 e. The van der Waals surface area contributed by atoms with Gasteiger partial charge in [-0.1, -0.05) is 39.0 Å². The van der Waals surface area contributed by atoms with Crippen molar-refractivity contribution in [2.24, 2.45) is 0 Å². The molecule has 0 aliphatic carbocycles. The topological polar surface area (TPSA) is 21.7 Å². The van der Waals surface area contributed by atoms with Gasteiger partial charge in [-0.15, -0.1) is 10.3 Å². The molecule has 0 atom stereocenters. The largest absolute Gasteiger partial charge is 0.493 e. The fraction of sp³-hybridized carbons (Fsp3) is 0.500. The molecule has 1 aliphatic heterocycles. The summed E-state index contributed by atoms with van der Waals surface area (Å²) >= 11 is 0. The molecule has 0 N–H and O–H groups in total. The molecule has 1 aliphatic rings. The number of hydrogen-bond acceptors (Lipinski definition) is 3. The summed E-state index contributed by atoms with van der Waals surface area (Å²) < 4.78 is 12.3. The lowest BCUT2D eigenvalue weighted by Crippen LogP contribution is -2.25. The molecule has 0 saturated heterocycles.